The summed E-state index contributed by atoms with van der Waals surface area (Å²) in [6.07, 6.45) is 0. The summed E-state index contributed by atoms with van der Waals surface area (Å²) in [5.74, 6) is -0.208. The highest BCUT2D eigenvalue weighted by atomic mass is 32.1. The molecule has 0 saturated carbocycles. The Bertz CT molecular complexity index is 1160. The highest BCUT2D eigenvalue weighted by Gasteiger charge is 2.22. The van der Waals surface area contributed by atoms with Crippen molar-refractivity contribution >= 4 is 32.6 Å². The van der Waals surface area contributed by atoms with E-state index in [0.29, 0.717) is 58.8 Å². The van der Waals surface area contributed by atoms with Gasteiger partial charge in [-0.05, 0) is 18.2 Å². The van der Waals surface area contributed by atoms with Gasteiger partial charge in [-0.2, -0.15) is 0 Å². The lowest BCUT2D eigenvalue weighted by molar-refractivity contribution is 0.0947. The van der Waals surface area contributed by atoms with Gasteiger partial charge in [-0.3, -0.25) is 9.69 Å². The number of piperazine rings is 1. The number of nitrogens with one attached hydrogen (secondary N) is 1. The summed E-state index contributed by atoms with van der Waals surface area (Å²) >= 11 is 1.29. The molecule has 0 spiro atoms. The zero-order valence-electron chi connectivity index (χ0n) is 19.2. The summed E-state index contributed by atoms with van der Waals surface area (Å²) in [5, 5.41) is 3.61. The molecule has 0 bridgehead atoms. The van der Waals surface area contributed by atoms with E-state index in [2.05, 4.69) is 20.1 Å². The van der Waals surface area contributed by atoms with Crippen LogP contribution in [0.5, 0.6) is 17.2 Å². The third-order valence-corrected chi connectivity index (χ3v) is 6.75. The standard InChI is InChI=1S/C23H26F2N4O4S/c1-31-17-10-14(11-18(32-2)21(17)33-3)22(30)26-4-5-28-6-8-29(9-7-28)23-27-20-16(25)12-15(24)13-19(20)34-23/h10-13H,4-9H2,1-3H3,(H,26,30). The predicted molar refractivity (Wildman–Crippen MR) is 127 cm³/mol. The third kappa shape index (κ3) is 5.00. The Morgan fingerprint density at radius 1 is 1.03 bits per heavy atom. The Kier molecular flexibility index (Phi) is 7.32. The number of aromatic nitrogens is 1. The first kappa shape index (κ1) is 24.0. The Balaban J connectivity index is 1.29. The number of hydrogen-bond acceptors (Lipinski definition) is 8. The lowest BCUT2D eigenvalue weighted by atomic mass is 10.1. The maximum absolute atomic E-state index is 14.0. The molecule has 1 aliphatic rings. The second kappa shape index (κ2) is 10.4. The quantitative estimate of drug-likeness (QED) is 0.518. The molecule has 1 fully saturated rings. The largest absolute Gasteiger partial charge is 0.493 e. The molecule has 2 heterocycles. The molecule has 3 aromatic rings. The molecule has 11 heteroatoms. The van der Waals surface area contributed by atoms with Crippen LogP contribution in [0.2, 0.25) is 0 Å². The molecule has 0 atom stereocenters. The molecule has 182 valence electrons. The van der Waals surface area contributed by atoms with Crippen molar-refractivity contribution < 1.29 is 27.8 Å². The van der Waals surface area contributed by atoms with Gasteiger partial charge in [0.15, 0.2) is 22.4 Å². The van der Waals surface area contributed by atoms with E-state index in [1.54, 1.807) is 12.1 Å². The van der Waals surface area contributed by atoms with Crippen molar-refractivity contribution in [3.8, 4) is 17.2 Å². The third-order valence-electron chi connectivity index (χ3n) is 5.69. The van der Waals surface area contributed by atoms with Crippen LogP contribution in [0.4, 0.5) is 13.9 Å². The first-order valence-electron chi connectivity index (χ1n) is 10.7. The minimum atomic E-state index is -0.640. The summed E-state index contributed by atoms with van der Waals surface area (Å²) in [5.41, 5.74) is 0.622. The normalized spacial score (nSPS) is 14.3. The van der Waals surface area contributed by atoms with Crippen LogP contribution in [0.15, 0.2) is 24.3 Å². The molecule has 2 aromatic carbocycles. The fourth-order valence-electron chi connectivity index (χ4n) is 3.89. The zero-order chi connectivity index (χ0) is 24.2. The van der Waals surface area contributed by atoms with Gasteiger partial charge in [0.25, 0.3) is 5.91 Å². The summed E-state index contributed by atoms with van der Waals surface area (Å²) in [6.45, 7) is 4.12. The predicted octanol–water partition coefficient (Wildman–Crippen LogP) is 3.15. The van der Waals surface area contributed by atoms with Crippen LogP contribution < -0.4 is 24.4 Å². The molecule has 1 aliphatic heterocycles. The molecule has 0 radical (unpaired) electrons. The molecule has 8 nitrogen and oxygen atoms in total. The molecular formula is C23H26F2N4O4S. The van der Waals surface area contributed by atoms with E-state index < -0.39 is 11.6 Å². The van der Waals surface area contributed by atoms with E-state index >= 15 is 0 Å². The topological polar surface area (TPSA) is 76.2 Å². The van der Waals surface area contributed by atoms with Crippen LogP contribution in [0.25, 0.3) is 10.2 Å². The molecule has 1 saturated heterocycles. The zero-order valence-corrected chi connectivity index (χ0v) is 20.0. The Morgan fingerprint density at radius 2 is 1.71 bits per heavy atom. The average molecular weight is 493 g/mol. The number of carbonyl (C=O) groups is 1. The van der Waals surface area contributed by atoms with Gasteiger partial charge in [0, 0.05) is 50.9 Å². The van der Waals surface area contributed by atoms with E-state index in [9.17, 15) is 13.6 Å². The smallest absolute Gasteiger partial charge is 0.251 e. The molecule has 4 rings (SSSR count). The highest BCUT2D eigenvalue weighted by molar-refractivity contribution is 7.22. The van der Waals surface area contributed by atoms with Crippen LogP contribution in [-0.2, 0) is 0 Å². The van der Waals surface area contributed by atoms with Gasteiger partial charge < -0.3 is 24.4 Å². The molecular weight excluding hydrogens is 466 g/mol. The molecule has 0 unspecified atom stereocenters. The maximum atomic E-state index is 14.0. The molecule has 34 heavy (non-hydrogen) atoms. The first-order valence-corrected chi connectivity index (χ1v) is 11.6. The van der Waals surface area contributed by atoms with Crippen LogP contribution in [0.3, 0.4) is 0 Å². The fraction of sp³-hybridized carbons (Fsp3) is 0.391. The maximum Gasteiger partial charge on any atom is 0.251 e. The minimum Gasteiger partial charge on any atom is -0.493 e. The molecule has 1 aromatic heterocycles. The number of thiazole rings is 1. The Morgan fingerprint density at radius 3 is 2.32 bits per heavy atom. The van der Waals surface area contributed by atoms with Gasteiger partial charge in [0.1, 0.15) is 11.3 Å². The number of methoxy groups -OCH3 is 3. The summed E-state index contributed by atoms with van der Waals surface area (Å²) < 4.78 is 43.8. The van der Waals surface area contributed by atoms with Crippen molar-refractivity contribution in [1.29, 1.82) is 0 Å². The van der Waals surface area contributed by atoms with E-state index in [1.165, 1.54) is 38.7 Å². The Hall–Kier alpha value is -3.18. The van der Waals surface area contributed by atoms with E-state index in [-0.39, 0.29) is 11.4 Å². The van der Waals surface area contributed by atoms with Crippen molar-refractivity contribution in [2.24, 2.45) is 0 Å². The number of rotatable bonds is 8. The lowest BCUT2D eigenvalue weighted by Gasteiger charge is -2.34. The first-order chi connectivity index (χ1) is 16.4. The second-order valence-electron chi connectivity index (χ2n) is 7.73. The number of halogens is 2. The van der Waals surface area contributed by atoms with E-state index in [1.807, 2.05) is 0 Å². The van der Waals surface area contributed by atoms with Crippen LogP contribution >= 0.6 is 11.3 Å². The number of amides is 1. The van der Waals surface area contributed by atoms with Gasteiger partial charge in [-0.25, -0.2) is 13.8 Å². The molecule has 1 N–H and O–H groups in total. The number of fused-ring (bicyclic) bond motifs is 1. The number of carbonyl (C=O) groups excluding carboxylic acids is 1. The average Bonchev–Trinajstić information content (AvgIpc) is 3.27. The number of anilines is 1. The van der Waals surface area contributed by atoms with Crippen molar-refractivity contribution in [3.05, 3.63) is 41.5 Å². The van der Waals surface area contributed by atoms with E-state index in [4.69, 9.17) is 14.2 Å². The summed E-state index contributed by atoms with van der Waals surface area (Å²) in [7, 11) is 4.51. The van der Waals surface area contributed by atoms with Crippen LogP contribution in [0.1, 0.15) is 10.4 Å². The van der Waals surface area contributed by atoms with Gasteiger partial charge in [-0.1, -0.05) is 11.3 Å². The number of benzene rings is 2. The van der Waals surface area contributed by atoms with Crippen molar-refractivity contribution in [2.45, 2.75) is 0 Å². The van der Waals surface area contributed by atoms with Crippen LogP contribution in [-0.4, -0.2) is 76.4 Å². The molecule has 1 amide bonds. The van der Waals surface area contributed by atoms with Gasteiger partial charge in [-0.15, -0.1) is 0 Å². The van der Waals surface area contributed by atoms with Crippen LogP contribution in [0, 0.1) is 11.6 Å². The van der Waals surface area contributed by atoms with Gasteiger partial charge in [0.05, 0.1) is 26.0 Å². The number of hydrogen-bond donors (Lipinski definition) is 1. The van der Waals surface area contributed by atoms with Crippen molar-refractivity contribution in [1.82, 2.24) is 15.2 Å². The number of nitrogens with zero attached hydrogens (tertiary/aromatic N) is 3. The highest BCUT2D eigenvalue weighted by Crippen LogP contribution is 2.38. The fourth-order valence-corrected chi connectivity index (χ4v) is 4.94. The Labute approximate surface area is 200 Å². The van der Waals surface area contributed by atoms with Gasteiger partial charge >= 0.3 is 0 Å². The summed E-state index contributed by atoms with van der Waals surface area (Å²) in [4.78, 5) is 21.3. The van der Waals surface area contributed by atoms with Crippen molar-refractivity contribution in [2.75, 3.05) is 65.5 Å². The second-order valence-corrected chi connectivity index (χ2v) is 8.74. The summed E-state index contributed by atoms with van der Waals surface area (Å²) in [6, 6.07) is 5.40. The van der Waals surface area contributed by atoms with Crippen molar-refractivity contribution in [3.63, 3.8) is 0 Å². The monoisotopic (exact) mass is 492 g/mol. The lowest BCUT2D eigenvalue weighted by Crippen LogP contribution is -2.48. The van der Waals surface area contributed by atoms with Gasteiger partial charge in [0.2, 0.25) is 5.75 Å². The molecule has 0 aliphatic carbocycles. The minimum absolute atomic E-state index is 0.207. The van der Waals surface area contributed by atoms with E-state index in [0.717, 1.165) is 19.2 Å². The SMILES string of the molecule is COc1cc(C(=O)NCCN2CCN(c3nc4c(F)cc(F)cc4s3)CC2)cc(OC)c1OC. The number of ether oxygens (including phenoxy) is 3.